The van der Waals surface area contributed by atoms with Crippen LogP contribution in [0.4, 0.5) is 0 Å². The van der Waals surface area contributed by atoms with Gasteiger partial charge in [-0.15, -0.1) is 0 Å². The van der Waals surface area contributed by atoms with Crippen molar-refractivity contribution in [3.8, 4) is 0 Å². The number of aldehydes is 1. The molecule has 3 nitrogen and oxygen atoms in total. The van der Waals surface area contributed by atoms with Crippen LogP contribution >= 0.6 is 0 Å². The number of carbonyl (C=O) groups is 1. The van der Waals surface area contributed by atoms with Gasteiger partial charge in [-0.05, 0) is 18.9 Å². The van der Waals surface area contributed by atoms with Crippen LogP contribution in [-0.2, 0) is 6.42 Å². The maximum absolute atomic E-state index is 10.4. The standard InChI is InChI=1S/C11H14O3/c1-11(13,14)7-6-9-2-4-10(8-12)5-3-9/h2-5,8,13-14H,6-7H2,1H3. The summed E-state index contributed by atoms with van der Waals surface area (Å²) < 4.78 is 0. The minimum atomic E-state index is -1.62. The van der Waals surface area contributed by atoms with Gasteiger partial charge in [-0.3, -0.25) is 4.79 Å². The number of hydrogen-bond donors (Lipinski definition) is 2. The number of benzene rings is 1. The van der Waals surface area contributed by atoms with Crippen LogP contribution < -0.4 is 0 Å². The first-order valence-corrected chi connectivity index (χ1v) is 4.50. The largest absolute Gasteiger partial charge is 0.366 e. The van der Waals surface area contributed by atoms with Crippen molar-refractivity contribution in [2.75, 3.05) is 0 Å². The molecule has 0 aliphatic rings. The topological polar surface area (TPSA) is 57.5 Å². The third-order valence-corrected chi connectivity index (χ3v) is 2.00. The summed E-state index contributed by atoms with van der Waals surface area (Å²) in [5.74, 6) is -1.62. The number of rotatable bonds is 4. The Bertz CT molecular complexity index is 295. The summed E-state index contributed by atoms with van der Waals surface area (Å²) in [7, 11) is 0. The minimum Gasteiger partial charge on any atom is -0.366 e. The van der Waals surface area contributed by atoms with Crippen LogP contribution in [0.15, 0.2) is 24.3 Å². The van der Waals surface area contributed by atoms with Crippen molar-refractivity contribution in [2.24, 2.45) is 0 Å². The molecule has 0 heterocycles. The maximum atomic E-state index is 10.4. The molecular weight excluding hydrogens is 180 g/mol. The number of hydrogen-bond acceptors (Lipinski definition) is 3. The van der Waals surface area contributed by atoms with Gasteiger partial charge in [0.15, 0.2) is 5.79 Å². The third-order valence-electron chi connectivity index (χ3n) is 2.00. The molecule has 0 fully saturated rings. The van der Waals surface area contributed by atoms with Crippen LogP contribution in [0, 0.1) is 0 Å². The van der Waals surface area contributed by atoms with E-state index in [2.05, 4.69) is 0 Å². The van der Waals surface area contributed by atoms with Crippen molar-refractivity contribution in [3.63, 3.8) is 0 Å². The van der Waals surface area contributed by atoms with Gasteiger partial charge in [0.2, 0.25) is 0 Å². The highest BCUT2D eigenvalue weighted by Crippen LogP contribution is 2.11. The van der Waals surface area contributed by atoms with E-state index in [0.717, 1.165) is 11.8 Å². The lowest BCUT2D eigenvalue weighted by atomic mass is 10.0. The van der Waals surface area contributed by atoms with Crippen LogP contribution in [0.2, 0.25) is 0 Å². The molecule has 0 spiro atoms. The van der Waals surface area contributed by atoms with Gasteiger partial charge in [0.05, 0.1) is 0 Å². The molecule has 0 atom stereocenters. The van der Waals surface area contributed by atoms with Gasteiger partial charge in [0, 0.05) is 12.0 Å². The normalized spacial score (nSPS) is 11.4. The SMILES string of the molecule is CC(O)(O)CCc1ccc(C=O)cc1. The summed E-state index contributed by atoms with van der Waals surface area (Å²) in [5.41, 5.74) is 1.62. The predicted octanol–water partition coefficient (Wildman–Crippen LogP) is 1.13. The van der Waals surface area contributed by atoms with Gasteiger partial charge in [-0.25, -0.2) is 0 Å². The lowest BCUT2D eigenvalue weighted by Gasteiger charge is -2.15. The van der Waals surface area contributed by atoms with E-state index in [1.807, 2.05) is 12.1 Å². The second-order valence-corrected chi connectivity index (χ2v) is 3.58. The quantitative estimate of drug-likeness (QED) is 0.558. The summed E-state index contributed by atoms with van der Waals surface area (Å²) >= 11 is 0. The Kier molecular flexibility index (Phi) is 3.38. The minimum absolute atomic E-state index is 0.285. The molecule has 0 radical (unpaired) electrons. The number of aliphatic hydroxyl groups is 2. The fourth-order valence-electron chi connectivity index (χ4n) is 1.14. The third kappa shape index (κ3) is 3.68. The molecule has 0 aliphatic heterocycles. The Morgan fingerprint density at radius 3 is 2.29 bits per heavy atom. The lowest BCUT2D eigenvalue weighted by molar-refractivity contribution is -0.148. The Morgan fingerprint density at radius 2 is 1.86 bits per heavy atom. The molecule has 0 saturated carbocycles. The lowest BCUT2D eigenvalue weighted by Crippen LogP contribution is -2.23. The van der Waals surface area contributed by atoms with Crippen LogP contribution in [0.25, 0.3) is 0 Å². The highest BCUT2D eigenvalue weighted by Gasteiger charge is 2.13. The van der Waals surface area contributed by atoms with E-state index < -0.39 is 5.79 Å². The van der Waals surface area contributed by atoms with Crippen molar-refractivity contribution in [1.29, 1.82) is 0 Å². The van der Waals surface area contributed by atoms with E-state index in [1.54, 1.807) is 12.1 Å². The molecule has 0 saturated heterocycles. The van der Waals surface area contributed by atoms with E-state index in [0.29, 0.717) is 12.0 Å². The van der Waals surface area contributed by atoms with Gasteiger partial charge in [-0.1, -0.05) is 24.3 Å². The Labute approximate surface area is 83.0 Å². The van der Waals surface area contributed by atoms with Crippen LogP contribution in [-0.4, -0.2) is 22.3 Å². The Hall–Kier alpha value is -1.19. The van der Waals surface area contributed by atoms with E-state index in [1.165, 1.54) is 6.92 Å². The first kappa shape index (κ1) is 10.9. The van der Waals surface area contributed by atoms with Gasteiger partial charge < -0.3 is 10.2 Å². The summed E-state index contributed by atoms with van der Waals surface area (Å²) in [5, 5.41) is 18.2. The molecule has 2 N–H and O–H groups in total. The zero-order valence-corrected chi connectivity index (χ0v) is 8.10. The molecule has 3 heteroatoms. The van der Waals surface area contributed by atoms with Gasteiger partial charge in [0.25, 0.3) is 0 Å². The van der Waals surface area contributed by atoms with E-state index in [9.17, 15) is 4.79 Å². The average Bonchev–Trinajstić information content (AvgIpc) is 2.14. The van der Waals surface area contributed by atoms with Crippen LogP contribution in [0.5, 0.6) is 0 Å². The fraction of sp³-hybridized carbons (Fsp3) is 0.364. The fourth-order valence-corrected chi connectivity index (χ4v) is 1.14. The van der Waals surface area contributed by atoms with Crippen molar-refractivity contribution in [1.82, 2.24) is 0 Å². The van der Waals surface area contributed by atoms with Gasteiger partial charge in [0.1, 0.15) is 6.29 Å². The molecule has 1 aromatic rings. The van der Waals surface area contributed by atoms with E-state index in [-0.39, 0.29) is 6.42 Å². The van der Waals surface area contributed by atoms with E-state index >= 15 is 0 Å². The second-order valence-electron chi connectivity index (χ2n) is 3.58. The maximum Gasteiger partial charge on any atom is 0.159 e. The summed E-state index contributed by atoms with van der Waals surface area (Å²) in [4.78, 5) is 10.4. The molecule has 0 amide bonds. The summed E-state index contributed by atoms with van der Waals surface area (Å²) in [6.07, 6.45) is 1.65. The molecular formula is C11H14O3. The van der Waals surface area contributed by atoms with Crippen molar-refractivity contribution in [2.45, 2.75) is 25.6 Å². The monoisotopic (exact) mass is 194 g/mol. The molecule has 0 aromatic heterocycles. The highest BCUT2D eigenvalue weighted by atomic mass is 16.5. The highest BCUT2D eigenvalue weighted by molar-refractivity contribution is 5.74. The smallest absolute Gasteiger partial charge is 0.159 e. The molecule has 0 bridgehead atoms. The average molecular weight is 194 g/mol. The van der Waals surface area contributed by atoms with Crippen molar-refractivity contribution < 1.29 is 15.0 Å². The Balaban J connectivity index is 2.56. The number of aryl methyl sites for hydroxylation is 1. The molecule has 0 unspecified atom stereocenters. The molecule has 0 aliphatic carbocycles. The predicted molar refractivity (Wildman–Crippen MR) is 53.0 cm³/mol. The van der Waals surface area contributed by atoms with Crippen LogP contribution in [0.3, 0.4) is 0 Å². The van der Waals surface area contributed by atoms with Crippen molar-refractivity contribution in [3.05, 3.63) is 35.4 Å². The van der Waals surface area contributed by atoms with Crippen molar-refractivity contribution >= 4 is 6.29 Å². The molecule has 1 rings (SSSR count). The first-order chi connectivity index (χ1) is 6.51. The summed E-state index contributed by atoms with van der Waals surface area (Å²) in [6, 6.07) is 7.06. The zero-order chi connectivity index (χ0) is 10.6. The number of carbonyl (C=O) groups excluding carboxylic acids is 1. The molecule has 14 heavy (non-hydrogen) atoms. The zero-order valence-electron chi connectivity index (χ0n) is 8.10. The van der Waals surface area contributed by atoms with Crippen LogP contribution in [0.1, 0.15) is 29.3 Å². The summed E-state index contributed by atoms with van der Waals surface area (Å²) in [6.45, 7) is 1.35. The Morgan fingerprint density at radius 1 is 1.29 bits per heavy atom. The van der Waals surface area contributed by atoms with E-state index in [4.69, 9.17) is 10.2 Å². The van der Waals surface area contributed by atoms with Gasteiger partial charge in [-0.2, -0.15) is 0 Å². The molecule has 76 valence electrons. The first-order valence-electron chi connectivity index (χ1n) is 4.50. The second kappa shape index (κ2) is 4.35. The van der Waals surface area contributed by atoms with Gasteiger partial charge >= 0.3 is 0 Å². The molecule has 1 aromatic carbocycles.